The average Bonchev–Trinajstić information content (AvgIpc) is 2.64. The number of imidazole rings is 1. The zero-order chi connectivity index (χ0) is 15.4. The Bertz CT molecular complexity index is 841. The van der Waals surface area contributed by atoms with Gasteiger partial charge in [0.05, 0.1) is 0 Å². The van der Waals surface area contributed by atoms with Gasteiger partial charge in [-0.2, -0.15) is 17.7 Å². The highest BCUT2D eigenvalue weighted by Gasteiger charge is 2.38. The highest BCUT2D eigenvalue weighted by atomic mass is 19.4. The molecule has 2 rings (SSSR count). The number of hydrogen-bond acceptors (Lipinski definition) is 4. The van der Waals surface area contributed by atoms with Crippen molar-refractivity contribution in [3.8, 4) is 0 Å². The van der Waals surface area contributed by atoms with Crippen LogP contribution in [0.1, 0.15) is 17.5 Å². The molecule has 0 bridgehead atoms. The van der Waals surface area contributed by atoms with Crippen molar-refractivity contribution in [3.05, 3.63) is 26.7 Å². The standard InChI is InChI=1S/C10H9F3N4O3/c1-4(18)17-7(19)5-6(16(3)9(17)20)14-8(15(5)2)10(11,12)13/h1-3H3. The van der Waals surface area contributed by atoms with Gasteiger partial charge >= 0.3 is 11.9 Å². The molecule has 0 amide bonds. The van der Waals surface area contributed by atoms with Crippen LogP contribution in [0, 0.1) is 0 Å². The number of aryl methyl sites for hydroxylation is 2. The second-order valence-electron chi connectivity index (χ2n) is 4.17. The Morgan fingerprint density at radius 2 is 1.70 bits per heavy atom. The van der Waals surface area contributed by atoms with E-state index in [0.29, 0.717) is 4.57 Å². The van der Waals surface area contributed by atoms with E-state index in [1.165, 1.54) is 0 Å². The van der Waals surface area contributed by atoms with E-state index >= 15 is 0 Å². The summed E-state index contributed by atoms with van der Waals surface area (Å²) in [5.74, 6) is -2.20. The predicted octanol–water partition coefficient (Wildman–Crippen LogP) is 0.113. The Balaban J connectivity index is 3.10. The SMILES string of the molecule is CC(=O)n1c(=O)c2c(nc(C(F)(F)F)n2C)n(C)c1=O. The molecule has 0 spiro atoms. The molecule has 0 unspecified atom stereocenters. The zero-order valence-electron chi connectivity index (χ0n) is 10.6. The van der Waals surface area contributed by atoms with Crippen LogP contribution in [0.3, 0.4) is 0 Å². The molecule has 0 N–H and O–H groups in total. The van der Waals surface area contributed by atoms with Gasteiger partial charge < -0.3 is 4.57 Å². The molecular weight excluding hydrogens is 281 g/mol. The molecule has 0 atom stereocenters. The first-order valence-corrected chi connectivity index (χ1v) is 5.34. The van der Waals surface area contributed by atoms with Crippen LogP contribution in [-0.2, 0) is 20.3 Å². The Labute approximate surface area is 108 Å². The first-order chi connectivity index (χ1) is 9.07. The topological polar surface area (TPSA) is 78.9 Å². The number of aromatic nitrogens is 4. The molecule has 0 aromatic carbocycles. The van der Waals surface area contributed by atoms with Crippen LogP contribution in [0.4, 0.5) is 13.2 Å². The summed E-state index contributed by atoms with van der Waals surface area (Å²) < 4.78 is 39.8. The molecule has 20 heavy (non-hydrogen) atoms. The van der Waals surface area contributed by atoms with Gasteiger partial charge in [0.25, 0.3) is 5.56 Å². The molecule has 0 radical (unpaired) electrons. The lowest BCUT2D eigenvalue weighted by molar-refractivity contribution is -0.146. The van der Waals surface area contributed by atoms with Crippen molar-refractivity contribution in [2.75, 3.05) is 0 Å². The van der Waals surface area contributed by atoms with Crippen molar-refractivity contribution in [1.29, 1.82) is 0 Å². The Kier molecular flexibility index (Phi) is 2.84. The number of carbonyl (C=O) groups is 1. The molecule has 2 aromatic rings. The van der Waals surface area contributed by atoms with Crippen LogP contribution in [0.2, 0.25) is 0 Å². The number of nitrogens with zero attached hydrogens (tertiary/aromatic N) is 4. The number of alkyl halides is 3. The minimum Gasteiger partial charge on any atom is -0.318 e. The molecular formula is C10H9F3N4O3. The monoisotopic (exact) mass is 290 g/mol. The molecule has 0 aliphatic heterocycles. The minimum atomic E-state index is -4.78. The van der Waals surface area contributed by atoms with E-state index in [-0.39, 0.29) is 4.57 Å². The second kappa shape index (κ2) is 4.05. The van der Waals surface area contributed by atoms with Crippen molar-refractivity contribution in [2.24, 2.45) is 14.1 Å². The second-order valence-corrected chi connectivity index (χ2v) is 4.17. The number of hydrogen-bond donors (Lipinski definition) is 0. The highest BCUT2D eigenvalue weighted by Crippen LogP contribution is 2.29. The van der Waals surface area contributed by atoms with Gasteiger partial charge in [-0.05, 0) is 0 Å². The van der Waals surface area contributed by atoms with Gasteiger partial charge in [0.2, 0.25) is 11.7 Å². The lowest BCUT2D eigenvalue weighted by atomic mass is 10.5. The smallest absolute Gasteiger partial charge is 0.318 e. The minimum absolute atomic E-state index is 0.268. The van der Waals surface area contributed by atoms with Gasteiger partial charge in [-0.3, -0.25) is 14.2 Å². The maximum absolute atomic E-state index is 12.8. The van der Waals surface area contributed by atoms with E-state index in [4.69, 9.17) is 0 Å². The van der Waals surface area contributed by atoms with E-state index in [9.17, 15) is 27.6 Å². The molecule has 2 aromatic heterocycles. The Morgan fingerprint density at radius 1 is 1.15 bits per heavy atom. The molecule has 0 saturated heterocycles. The number of halogens is 3. The van der Waals surface area contributed by atoms with Gasteiger partial charge in [-0.25, -0.2) is 9.78 Å². The third-order valence-corrected chi connectivity index (χ3v) is 2.85. The summed E-state index contributed by atoms with van der Waals surface area (Å²) in [4.78, 5) is 38.4. The molecule has 7 nitrogen and oxygen atoms in total. The molecule has 0 saturated carbocycles. The van der Waals surface area contributed by atoms with Crippen LogP contribution in [-0.4, -0.2) is 24.6 Å². The molecule has 10 heteroatoms. The van der Waals surface area contributed by atoms with E-state index in [1.54, 1.807) is 0 Å². The number of rotatable bonds is 0. The van der Waals surface area contributed by atoms with Crippen LogP contribution >= 0.6 is 0 Å². The molecule has 108 valence electrons. The predicted molar refractivity (Wildman–Crippen MR) is 61.5 cm³/mol. The Morgan fingerprint density at radius 3 is 2.15 bits per heavy atom. The molecule has 0 aliphatic rings. The first-order valence-electron chi connectivity index (χ1n) is 5.34. The molecule has 2 heterocycles. The van der Waals surface area contributed by atoms with Crippen molar-refractivity contribution in [1.82, 2.24) is 18.7 Å². The fourth-order valence-corrected chi connectivity index (χ4v) is 1.92. The average molecular weight is 290 g/mol. The summed E-state index contributed by atoms with van der Waals surface area (Å²) in [6.07, 6.45) is -4.78. The first kappa shape index (κ1) is 14.0. The van der Waals surface area contributed by atoms with Gasteiger partial charge in [0, 0.05) is 21.0 Å². The van der Waals surface area contributed by atoms with Crippen molar-refractivity contribution < 1.29 is 18.0 Å². The van der Waals surface area contributed by atoms with Crippen molar-refractivity contribution in [3.63, 3.8) is 0 Å². The van der Waals surface area contributed by atoms with Crippen LogP contribution < -0.4 is 11.2 Å². The van der Waals surface area contributed by atoms with Gasteiger partial charge in [0.15, 0.2) is 11.2 Å². The highest BCUT2D eigenvalue weighted by molar-refractivity contribution is 5.80. The number of carbonyl (C=O) groups excluding carboxylic acids is 1. The largest absolute Gasteiger partial charge is 0.449 e. The normalized spacial score (nSPS) is 12.1. The zero-order valence-corrected chi connectivity index (χ0v) is 10.6. The summed E-state index contributed by atoms with van der Waals surface area (Å²) >= 11 is 0. The summed E-state index contributed by atoms with van der Waals surface area (Å²) in [5.41, 5.74) is -3.05. The fourth-order valence-electron chi connectivity index (χ4n) is 1.92. The number of fused-ring (bicyclic) bond motifs is 1. The lowest BCUT2D eigenvalue weighted by Gasteiger charge is -2.06. The van der Waals surface area contributed by atoms with Crippen molar-refractivity contribution in [2.45, 2.75) is 13.1 Å². The van der Waals surface area contributed by atoms with E-state index < -0.39 is 40.3 Å². The maximum atomic E-state index is 12.8. The van der Waals surface area contributed by atoms with Crippen LogP contribution in [0.15, 0.2) is 9.59 Å². The summed E-state index contributed by atoms with van der Waals surface area (Å²) in [6, 6.07) is 0. The van der Waals surface area contributed by atoms with E-state index in [0.717, 1.165) is 25.6 Å². The third kappa shape index (κ3) is 1.75. The maximum Gasteiger partial charge on any atom is 0.449 e. The molecule has 0 aliphatic carbocycles. The summed E-state index contributed by atoms with van der Waals surface area (Å²) in [7, 11) is 2.13. The van der Waals surface area contributed by atoms with Crippen LogP contribution in [0.25, 0.3) is 11.2 Å². The van der Waals surface area contributed by atoms with E-state index in [1.807, 2.05) is 0 Å². The van der Waals surface area contributed by atoms with Crippen molar-refractivity contribution >= 4 is 17.1 Å². The summed E-state index contributed by atoms with van der Waals surface area (Å²) in [6.45, 7) is 0.968. The van der Waals surface area contributed by atoms with Crippen LogP contribution in [0.5, 0.6) is 0 Å². The van der Waals surface area contributed by atoms with Gasteiger partial charge in [-0.1, -0.05) is 0 Å². The third-order valence-electron chi connectivity index (χ3n) is 2.85. The Hall–Kier alpha value is -2.39. The van der Waals surface area contributed by atoms with Gasteiger partial charge in [0.1, 0.15) is 0 Å². The summed E-state index contributed by atoms with van der Waals surface area (Å²) in [5, 5.41) is 0. The quantitative estimate of drug-likeness (QED) is 0.690. The lowest BCUT2D eigenvalue weighted by Crippen LogP contribution is -2.42. The molecule has 0 fully saturated rings. The van der Waals surface area contributed by atoms with Gasteiger partial charge in [-0.15, -0.1) is 0 Å². The fraction of sp³-hybridized carbons (Fsp3) is 0.400. The van der Waals surface area contributed by atoms with E-state index in [2.05, 4.69) is 4.98 Å².